The van der Waals surface area contributed by atoms with E-state index in [0.717, 1.165) is 37.4 Å². The summed E-state index contributed by atoms with van der Waals surface area (Å²) in [7, 11) is 0. The van der Waals surface area contributed by atoms with Crippen molar-refractivity contribution in [2.45, 2.75) is 31.5 Å². The van der Waals surface area contributed by atoms with Crippen molar-refractivity contribution < 1.29 is 19.3 Å². The molecule has 1 atom stereocenters. The first-order chi connectivity index (χ1) is 19.2. The maximum atomic E-state index is 13.2. The number of carbonyl (C=O) groups is 2. The third kappa shape index (κ3) is 5.93. The number of fused-ring (bicyclic) bond motifs is 2. The van der Waals surface area contributed by atoms with Gasteiger partial charge in [-0.05, 0) is 56.3 Å². The molecule has 2 heterocycles. The minimum atomic E-state index is -1.00. The Bertz CT molecular complexity index is 1610. The number of carboxylic acid groups (broad SMARTS) is 1. The van der Waals surface area contributed by atoms with Crippen LogP contribution in [-0.4, -0.2) is 36.1 Å². The fraction of sp³-hybridized carbons (Fsp3) is 0.207. The molecule has 1 aliphatic rings. The van der Waals surface area contributed by atoms with E-state index < -0.39 is 12.0 Å². The Kier molecular flexibility index (Phi) is 8.56. The van der Waals surface area contributed by atoms with E-state index >= 15 is 0 Å². The largest absolute Gasteiger partial charge is 0.480 e. The number of carbonyl (C=O) groups excluding carboxylic acids is 1. The lowest BCUT2D eigenvalue weighted by Crippen LogP contribution is -2.50. The fourth-order valence-corrected chi connectivity index (χ4v) is 7.17. The van der Waals surface area contributed by atoms with Crippen LogP contribution in [0.3, 0.4) is 0 Å². The van der Waals surface area contributed by atoms with E-state index in [0.29, 0.717) is 15.7 Å². The standard InChI is InChI=1S/C29H26Cl2N4O3S2/c1-3-33-22-13-19(30)9-11-24(22)39-27(33)15-28-35(23-14-20(31)10-12-25(23)40-28)17-32-26(36)16-34(18(2)29(37)38)21-7-5-4-6-8-21/h4-15,18H,3,16-17H2,1-2H3,(H-,32,36,37,38)/p+1. The number of nitrogens with one attached hydrogen (secondary N) is 1. The maximum Gasteiger partial charge on any atom is 0.326 e. The molecule has 0 fully saturated rings. The van der Waals surface area contributed by atoms with Gasteiger partial charge >= 0.3 is 5.97 Å². The molecule has 0 spiro atoms. The number of anilines is 2. The third-order valence-electron chi connectivity index (χ3n) is 6.61. The number of amides is 1. The van der Waals surface area contributed by atoms with E-state index in [4.69, 9.17) is 23.2 Å². The Morgan fingerprint density at radius 3 is 2.55 bits per heavy atom. The van der Waals surface area contributed by atoms with Gasteiger partial charge in [-0.25, -0.2) is 4.79 Å². The zero-order valence-corrected chi connectivity index (χ0v) is 24.9. The molecule has 1 unspecified atom stereocenters. The van der Waals surface area contributed by atoms with Gasteiger partial charge in [0, 0.05) is 33.2 Å². The highest BCUT2D eigenvalue weighted by molar-refractivity contribution is 8.03. The summed E-state index contributed by atoms with van der Waals surface area (Å²) < 4.78 is 3.05. The molecular weight excluding hydrogens is 587 g/mol. The summed E-state index contributed by atoms with van der Waals surface area (Å²) in [6.45, 7) is 4.53. The molecule has 1 aliphatic heterocycles. The lowest BCUT2D eigenvalue weighted by Gasteiger charge is -2.27. The quantitative estimate of drug-likeness (QED) is 0.210. The van der Waals surface area contributed by atoms with Crippen LogP contribution in [0.5, 0.6) is 0 Å². The molecule has 0 aliphatic carbocycles. The number of para-hydroxylation sites is 1. The summed E-state index contributed by atoms with van der Waals surface area (Å²) in [5, 5.41) is 15.9. The molecule has 4 aromatic rings. The molecule has 1 aromatic heterocycles. The van der Waals surface area contributed by atoms with E-state index in [1.54, 1.807) is 47.1 Å². The average Bonchev–Trinajstić information content (AvgIpc) is 3.46. The van der Waals surface area contributed by atoms with Gasteiger partial charge in [0.2, 0.25) is 18.1 Å². The average molecular weight is 615 g/mol. The number of thiazole rings is 1. The van der Waals surface area contributed by atoms with Crippen molar-refractivity contribution in [2.24, 2.45) is 0 Å². The van der Waals surface area contributed by atoms with Crippen molar-refractivity contribution in [1.29, 1.82) is 0 Å². The summed E-state index contributed by atoms with van der Waals surface area (Å²) in [6.07, 6.45) is 2.12. The molecule has 11 heteroatoms. The van der Waals surface area contributed by atoms with Crippen molar-refractivity contribution in [1.82, 2.24) is 5.32 Å². The minimum Gasteiger partial charge on any atom is -0.480 e. The number of rotatable bonds is 9. The Morgan fingerprint density at radius 1 is 1.10 bits per heavy atom. The van der Waals surface area contributed by atoms with Crippen molar-refractivity contribution in [3.8, 4) is 0 Å². The molecule has 1 amide bonds. The van der Waals surface area contributed by atoms with E-state index in [9.17, 15) is 14.7 Å². The number of nitrogens with zero attached hydrogens (tertiary/aromatic N) is 3. The molecule has 3 aromatic carbocycles. The summed E-state index contributed by atoms with van der Waals surface area (Å²) in [5.41, 5.74) is 2.63. The summed E-state index contributed by atoms with van der Waals surface area (Å²) in [4.78, 5) is 29.9. The first-order valence-electron chi connectivity index (χ1n) is 12.6. The van der Waals surface area contributed by atoms with Crippen LogP contribution in [0.1, 0.15) is 18.9 Å². The molecule has 0 saturated carbocycles. The zero-order chi connectivity index (χ0) is 28.4. The lowest BCUT2D eigenvalue weighted by atomic mass is 10.2. The predicted octanol–water partition coefficient (Wildman–Crippen LogP) is 6.48. The Morgan fingerprint density at radius 2 is 1.82 bits per heavy atom. The van der Waals surface area contributed by atoms with Crippen molar-refractivity contribution in [3.63, 3.8) is 0 Å². The number of halogens is 2. The number of thioether (sulfide) groups is 1. The van der Waals surface area contributed by atoms with Gasteiger partial charge in [-0.15, -0.1) is 0 Å². The van der Waals surface area contributed by atoms with Crippen LogP contribution in [-0.2, 0) is 16.3 Å². The number of carboxylic acids is 1. The Hall–Kier alpha value is -3.24. The number of aromatic nitrogens is 1. The number of hydrogen-bond donors (Lipinski definition) is 2. The molecule has 0 radical (unpaired) electrons. The van der Waals surface area contributed by atoms with Crippen molar-refractivity contribution in [3.05, 3.63) is 86.8 Å². The molecular formula is C29H27Cl2N4O3S2+. The molecule has 2 N–H and O–H groups in total. The maximum absolute atomic E-state index is 13.2. The number of hydrogen-bond acceptors (Lipinski definition) is 6. The first-order valence-corrected chi connectivity index (χ1v) is 15.0. The lowest BCUT2D eigenvalue weighted by molar-refractivity contribution is -0.672. The van der Waals surface area contributed by atoms with Gasteiger partial charge in [-0.2, -0.15) is 4.57 Å². The molecule has 5 rings (SSSR count). The molecule has 0 saturated heterocycles. The van der Waals surface area contributed by atoms with E-state index in [2.05, 4.69) is 23.2 Å². The van der Waals surface area contributed by atoms with Gasteiger partial charge in [0.25, 0.3) is 5.01 Å². The van der Waals surface area contributed by atoms with Crippen LogP contribution in [0.15, 0.2) is 76.7 Å². The third-order valence-corrected chi connectivity index (χ3v) is 9.30. The van der Waals surface area contributed by atoms with Crippen molar-refractivity contribution >= 4 is 85.8 Å². The van der Waals surface area contributed by atoms with Crippen molar-refractivity contribution in [2.75, 3.05) is 22.9 Å². The van der Waals surface area contributed by atoms with Gasteiger partial charge < -0.3 is 14.9 Å². The molecule has 206 valence electrons. The smallest absolute Gasteiger partial charge is 0.326 e. The van der Waals surface area contributed by atoms with Gasteiger partial charge in [-0.3, -0.25) is 10.1 Å². The second kappa shape index (κ2) is 12.1. The summed E-state index contributed by atoms with van der Waals surface area (Å²) in [5.74, 6) is -1.30. The van der Waals surface area contributed by atoms with Crippen LogP contribution in [0.4, 0.5) is 11.4 Å². The number of aliphatic carboxylic acids is 1. The number of benzene rings is 3. The molecule has 7 nitrogen and oxygen atoms in total. The Balaban J connectivity index is 1.43. The van der Waals surface area contributed by atoms with E-state index in [1.165, 1.54) is 0 Å². The second-order valence-corrected chi connectivity index (χ2v) is 12.2. The second-order valence-electron chi connectivity index (χ2n) is 9.16. The summed E-state index contributed by atoms with van der Waals surface area (Å²) in [6, 6.07) is 19.8. The van der Waals surface area contributed by atoms with Crippen LogP contribution in [0.2, 0.25) is 10.0 Å². The highest BCUT2D eigenvalue weighted by atomic mass is 35.5. The zero-order valence-electron chi connectivity index (χ0n) is 21.8. The van der Waals surface area contributed by atoms with Crippen LogP contribution >= 0.6 is 46.3 Å². The summed E-state index contributed by atoms with van der Waals surface area (Å²) >= 11 is 15.9. The highest BCUT2D eigenvalue weighted by Crippen LogP contribution is 2.47. The van der Waals surface area contributed by atoms with Gasteiger partial charge in [0.1, 0.15) is 10.7 Å². The van der Waals surface area contributed by atoms with Crippen LogP contribution in [0, 0.1) is 0 Å². The fourth-order valence-electron chi connectivity index (χ4n) is 4.54. The van der Waals surface area contributed by atoms with Gasteiger partial charge in [0.05, 0.1) is 23.3 Å². The van der Waals surface area contributed by atoms with Crippen LogP contribution < -0.4 is 19.7 Å². The normalized spacial score (nSPS) is 14.4. The van der Waals surface area contributed by atoms with Crippen LogP contribution in [0.25, 0.3) is 16.3 Å². The Labute approximate surface area is 250 Å². The van der Waals surface area contributed by atoms with E-state index in [1.807, 2.05) is 59.2 Å². The highest BCUT2D eigenvalue weighted by Gasteiger charge is 2.28. The van der Waals surface area contributed by atoms with Gasteiger partial charge in [-0.1, -0.05) is 64.5 Å². The van der Waals surface area contributed by atoms with Gasteiger partial charge in [0.15, 0.2) is 0 Å². The molecule has 0 bridgehead atoms. The first kappa shape index (κ1) is 28.3. The monoisotopic (exact) mass is 613 g/mol. The molecule has 40 heavy (non-hydrogen) atoms. The topological polar surface area (TPSA) is 76.8 Å². The minimum absolute atomic E-state index is 0.104. The predicted molar refractivity (Wildman–Crippen MR) is 164 cm³/mol. The van der Waals surface area contributed by atoms with E-state index in [-0.39, 0.29) is 19.1 Å². The SMILES string of the molecule is CCN1/C(=C/c2sc3ccc(Cl)cc3[n+]2CNC(=O)CN(c2ccccc2)C(C)C(=O)O)Sc2ccc(Cl)cc21.